The van der Waals surface area contributed by atoms with E-state index in [1.165, 1.54) is 0 Å². The van der Waals surface area contributed by atoms with Gasteiger partial charge < -0.3 is 38.3 Å². The van der Waals surface area contributed by atoms with Crippen molar-refractivity contribution in [2.24, 2.45) is 0 Å². The van der Waals surface area contributed by atoms with Crippen LogP contribution in [-0.2, 0) is 90.0 Å². The fourth-order valence-electron chi connectivity index (χ4n) is 0. The Morgan fingerprint density at radius 2 is 0.273 bits per heavy atom. The summed E-state index contributed by atoms with van der Waals surface area (Å²) in [6.07, 6.45) is 0. The topological polar surface area (TPSA) is 200 Å². The Bertz CT molecular complexity index is 14.4. The predicted molar refractivity (Wildman–Crippen MR) is 4.81 cm³/mol. The molecule has 2 radical (unpaired) electrons. The van der Waals surface area contributed by atoms with E-state index in [4.69, 9.17) is 0 Å². The van der Waals surface area contributed by atoms with Crippen LogP contribution in [0.25, 0.3) is 0 Å². The van der Waals surface area contributed by atoms with E-state index < -0.39 is 0 Å². The molecule has 0 fully saturated rings. The van der Waals surface area contributed by atoms with Crippen molar-refractivity contribution < 1.29 is 171 Å². The Labute approximate surface area is 167 Å². The fourth-order valence-corrected chi connectivity index (χ4v) is 0. The van der Waals surface area contributed by atoms with Crippen LogP contribution in [0.5, 0.6) is 0 Å². The second-order valence-electron chi connectivity index (χ2n) is 0. The van der Waals surface area contributed by atoms with Crippen LogP contribution in [0.1, 0.15) is 0 Å². The van der Waals surface area contributed by atoms with Gasteiger partial charge in [0.25, 0.3) is 0 Å². The minimum absolute atomic E-state index is 0. The van der Waals surface area contributed by atoms with Crippen LogP contribution >= 0.6 is 0 Å². The van der Waals surface area contributed by atoms with Crippen LogP contribution in [0.2, 0.25) is 0 Å². The molecule has 0 rings (SSSR count). The van der Waals surface area contributed by atoms with Crippen molar-refractivity contribution in [1.29, 1.82) is 0 Å². The van der Waals surface area contributed by atoms with Crippen molar-refractivity contribution in [3.8, 4) is 0 Å². The van der Waals surface area contributed by atoms with E-state index >= 15 is 0 Å². The summed E-state index contributed by atoms with van der Waals surface area (Å²) in [6.45, 7) is 0. The van der Waals surface area contributed by atoms with Gasteiger partial charge in [-0.3, -0.25) is 0 Å². The zero-order valence-electron chi connectivity index (χ0n) is 4.67. The summed E-state index contributed by atoms with van der Waals surface area (Å²) in [4.78, 5) is 0. The Kier molecular flexibility index (Phi) is 2290. The van der Waals surface area contributed by atoms with Crippen LogP contribution in [0.3, 0.4) is 0 Å². The summed E-state index contributed by atoms with van der Waals surface area (Å²) in [5.74, 6) is 0. The molecule has 0 spiro atoms. The average Bonchev–Trinajstić information content (AvgIpc) is 0. The minimum Gasteiger partial charge on any atom is -2.00 e. The number of hydrogen-bond donors (Lipinski definition) is 0. The van der Waals surface area contributed by atoms with E-state index in [0.29, 0.717) is 0 Å². The van der Waals surface area contributed by atoms with Crippen LogP contribution < -0.4 is 0 Å². The molecule has 0 amide bonds. The summed E-state index contributed by atoms with van der Waals surface area (Å²) >= 11 is 0. The summed E-state index contributed by atoms with van der Waals surface area (Å²) in [5.41, 5.74) is 0. The largest absolute Gasteiger partial charge is 4.00 e. The molecule has 0 aromatic carbocycles. The zero-order valence-corrected chi connectivity index (χ0v) is 17.1. The van der Waals surface area contributed by atoms with Gasteiger partial charge in [0.05, 0.1) is 0 Å². The molecule has 0 aliphatic rings. The van der Waals surface area contributed by atoms with Gasteiger partial charge in [0.1, 0.15) is 0 Å². The third-order valence-corrected chi connectivity index (χ3v) is 0. The first-order valence-corrected chi connectivity index (χ1v) is 0. The summed E-state index contributed by atoms with van der Waals surface area (Å²) in [6, 6.07) is 0. The van der Waals surface area contributed by atoms with E-state index in [1.54, 1.807) is 0 Å². The number of hydrogen-bond acceptors (Lipinski definition) is 0. The first-order chi connectivity index (χ1) is 0. The van der Waals surface area contributed by atoms with Crippen molar-refractivity contribution in [2.45, 2.75) is 0 Å². The maximum absolute atomic E-state index is 0. The molecule has 0 aliphatic carbocycles. The van der Waals surface area contributed by atoms with Gasteiger partial charge in [0.15, 0.2) is 0 Å². The van der Waals surface area contributed by atoms with Gasteiger partial charge >= 0.3 is 132 Å². The summed E-state index contributed by atoms with van der Waals surface area (Å²) in [5, 5.41) is 0. The molecule has 0 N–H and O–H groups in total. The molecule has 0 unspecified atom stereocenters. The molecule has 7 nitrogen and oxygen atoms in total. The van der Waals surface area contributed by atoms with Gasteiger partial charge in [-0.1, -0.05) is 0 Å². The van der Waals surface area contributed by atoms with Crippen LogP contribution in [0.15, 0.2) is 0 Å². The Morgan fingerprint density at radius 3 is 0.273 bits per heavy atom. The minimum atomic E-state index is 0. The molecule has 62 valence electrons. The van der Waals surface area contributed by atoms with E-state index in [2.05, 4.69) is 0 Å². The van der Waals surface area contributed by atoms with E-state index in [1.807, 2.05) is 0 Å². The maximum Gasteiger partial charge on any atom is 4.00 e. The molecule has 11 heteroatoms. The van der Waals surface area contributed by atoms with Crippen molar-refractivity contribution in [3.05, 3.63) is 0 Å². The number of rotatable bonds is 0. The van der Waals surface area contributed by atoms with Crippen molar-refractivity contribution in [3.63, 3.8) is 0 Å². The van der Waals surface area contributed by atoms with Gasteiger partial charge in [-0.25, -0.2) is 0 Å². The Hall–Kier alpha value is 4.14. The van der Waals surface area contributed by atoms with Gasteiger partial charge in [0.2, 0.25) is 0 Å². The van der Waals surface area contributed by atoms with E-state index in [-0.39, 0.29) is 171 Å². The van der Waals surface area contributed by atoms with E-state index in [9.17, 15) is 0 Å². The van der Waals surface area contributed by atoms with Gasteiger partial charge in [0, 0.05) is 0 Å². The smallest absolute Gasteiger partial charge is 2.00 e. The fraction of sp³-hybridized carbons (Fsp3) is 0. The monoisotopic (exact) mass is 776 g/mol. The van der Waals surface area contributed by atoms with E-state index in [0.717, 1.165) is 0 Å². The molecular formula is Hf2O7Sm2. The standard InChI is InChI=1S/2Hf.7O.2Sm/q2*+4;7*-2;2*+3. The van der Waals surface area contributed by atoms with Gasteiger partial charge in [-0.2, -0.15) is 0 Å². The normalized spacial score (nSPS) is 0. The van der Waals surface area contributed by atoms with Gasteiger partial charge in [-0.15, -0.1) is 0 Å². The Morgan fingerprint density at radius 1 is 0.273 bits per heavy atom. The second-order valence-corrected chi connectivity index (χ2v) is 0. The SMILES string of the molecule is [Hf+4].[Hf+4].[O-2].[O-2].[O-2].[O-2].[O-2].[O-2].[O-2].[Sm+3].[Sm+3]. The quantitative estimate of drug-likeness (QED) is 0.277. The van der Waals surface area contributed by atoms with Crippen LogP contribution in [0.4, 0.5) is 0 Å². The molecule has 0 aromatic heterocycles. The molecule has 0 atom stereocenters. The van der Waals surface area contributed by atoms with Crippen LogP contribution in [0, 0.1) is 80.8 Å². The maximum atomic E-state index is 0. The second kappa shape index (κ2) is 143. The molecule has 0 aromatic rings. The third-order valence-electron chi connectivity index (χ3n) is 0. The molecule has 0 saturated carbocycles. The molecule has 0 bridgehead atoms. The Balaban J connectivity index is 0. The van der Waals surface area contributed by atoms with Crippen molar-refractivity contribution >= 4 is 0 Å². The zero-order chi connectivity index (χ0) is 0. The molecule has 0 heterocycles. The first kappa shape index (κ1) is 177. The molecular weight excluding hydrogens is 770 g/mol. The first-order valence-electron chi connectivity index (χ1n) is 0. The average molecular weight is 770 g/mol. The molecule has 0 saturated heterocycles. The third kappa shape index (κ3) is 122. The van der Waals surface area contributed by atoms with Gasteiger partial charge in [-0.05, 0) is 0 Å². The summed E-state index contributed by atoms with van der Waals surface area (Å²) in [7, 11) is 0. The van der Waals surface area contributed by atoms with Crippen molar-refractivity contribution in [1.82, 2.24) is 0 Å². The van der Waals surface area contributed by atoms with Crippen LogP contribution in [-0.4, -0.2) is 0 Å². The van der Waals surface area contributed by atoms with Crippen molar-refractivity contribution in [2.75, 3.05) is 0 Å². The predicted octanol–water partition coefficient (Wildman–Crippen LogP) is -0.837. The molecule has 11 heavy (non-hydrogen) atoms. The summed E-state index contributed by atoms with van der Waals surface area (Å²) < 4.78 is 0. The molecule has 0 aliphatic heterocycles.